The van der Waals surface area contributed by atoms with Crippen LogP contribution >= 0.6 is 0 Å². The summed E-state index contributed by atoms with van der Waals surface area (Å²) in [6, 6.07) is 6.08. The predicted molar refractivity (Wildman–Crippen MR) is 115 cm³/mol. The third kappa shape index (κ3) is 6.41. The molecular weight excluding hydrogens is 384 g/mol. The SMILES string of the molecule is COc1cc(CCO[C@@H]2CCCC[C@H]2N2CC[C@@H](O)C2)ccc1OC(=O)CN(C)C. The van der Waals surface area contributed by atoms with Gasteiger partial charge in [-0.25, -0.2) is 0 Å². The maximum atomic E-state index is 11.9. The van der Waals surface area contributed by atoms with Crippen LogP contribution in [0.15, 0.2) is 18.2 Å². The number of carbonyl (C=O) groups excluding carboxylic acids is 1. The normalized spacial score (nSPS) is 24.9. The van der Waals surface area contributed by atoms with Crippen LogP contribution in [0.4, 0.5) is 0 Å². The summed E-state index contributed by atoms with van der Waals surface area (Å²) in [7, 11) is 5.23. The summed E-state index contributed by atoms with van der Waals surface area (Å²) >= 11 is 0. The number of likely N-dealkylation sites (N-methyl/N-ethyl adjacent to an activating group) is 1. The highest BCUT2D eigenvalue weighted by Gasteiger charge is 2.34. The molecule has 3 atom stereocenters. The maximum Gasteiger partial charge on any atom is 0.325 e. The monoisotopic (exact) mass is 420 g/mol. The molecule has 30 heavy (non-hydrogen) atoms. The Morgan fingerprint density at radius 3 is 2.70 bits per heavy atom. The summed E-state index contributed by atoms with van der Waals surface area (Å²) in [5, 5.41) is 9.88. The molecule has 7 nitrogen and oxygen atoms in total. The quantitative estimate of drug-likeness (QED) is 0.485. The summed E-state index contributed by atoms with van der Waals surface area (Å²) in [5.41, 5.74) is 1.09. The van der Waals surface area contributed by atoms with Crippen molar-refractivity contribution in [3.05, 3.63) is 23.8 Å². The van der Waals surface area contributed by atoms with E-state index in [1.165, 1.54) is 12.8 Å². The van der Waals surface area contributed by atoms with Gasteiger partial charge in [0, 0.05) is 19.1 Å². The zero-order valence-corrected chi connectivity index (χ0v) is 18.5. The molecule has 0 radical (unpaired) electrons. The van der Waals surface area contributed by atoms with Crippen molar-refractivity contribution in [1.29, 1.82) is 0 Å². The Kier molecular flexibility index (Phi) is 8.50. The number of β-amino-alcohol motifs (C(OH)–C–C–N with tert-alkyl or cyclic N) is 1. The Bertz CT molecular complexity index is 696. The van der Waals surface area contributed by atoms with Crippen LogP contribution < -0.4 is 9.47 Å². The van der Waals surface area contributed by atoms with Crippen molar-refractivity contribution < 1.29 is 24.1 Å². The Labute approximate surface area is 179 Å². The number of benzene rings is 1. The van der Waals surface area contributed by atoms with Crippen LogP contribution in [0.3, 0.4) is 0 Å². The highest BCUT2D eigenvalue weighted by atomic mass is 16.6. The van der Waals surface area contributed by atoms with Crippen molar-refractivity contribution in [3.63, 3.8) is 0 Å². The molecule has 0 bridgehead atoms. The molecule has 0 amide bonds. The van der Waals surface area contributed by atoms with E-state index in [4.69, 9.17) is 14.2 Å². The zero-order valence-electron chi connectivity index (χ0n) is 18.5. The van der Waals surface area contributed by atoms with E-state index >= 15 is 0 Å². The number of aliphatic hydroxyl groups is 1. The minimum Gasteiger partial charge on any atom is -0.493 e. The van der Waals surface area contributed by atoms with Gasteiger partial charge in [0.1, 0.15) is 0 Å². The van der Waals surface area contributed by atoms with Gasteiger partial charge in [-0.1, -0.05) is 18.9 Å². The van der Waals surface area contributed by atoms with Gasteiger partial charge in [-0.15, -0.1) is 0 Å². The molecule has 0 spiro atoms. The molecule has 168 valence electrons. The van der Waals surface area contributed by atoms with E-state index in [-0.39, 0.29) is 24.7 Å². The molecule has 7 heteroatoms. The van der Waals surface area contributed by atoms with E-state index in [1.54, 1.807) is 18.1 Å². The lowest BCUT2D eigenvalue weighted by Gasteiger charge is -2.37. The molecule has 0 aromatic heterocycles. The smallest absolute Gasteiger partial charge is 0.325 e. The molecule has 1 aromatic rings. The van der Waals surface area contributed by atoms with Crippen LogP contribution in [0.2, 0.25) is 0 Å². The van der Waals surface area contributed by atoms with Crippen molar-refractivity contribution in [1.82, 2.24) is 9.80 Å². The molecular formula is C23H36N2O5. The lowest BCUT2D eigenvalue weighted by molar-refractivity contribution is -0.135. The van der Waals surface area contributed by atoms with Crippen LogP contribution in [0.25, 0.3) is 0 Å². The Morgan fingerprint density at radius 2 is 2.00 bits per heavy atom. The van der Waals surface area contributed by atoms with E-state index in [0.29, 0.717) is 24.1 Å². The van der Waals surface area contributed by atoms with Gasteiger partial charge >= 0.3 is 5.97 Å². The summed E-state index contributed by atoms with van der Waals surface area (Å²) in [4.78, 5) is 16.1. The summed E-state index contributed by atoms with van der Waals surface area (Å²) in [6.45, 7) is 2.60. The molecule has 2 fully saturated rings. The molecule has 1 heterocycles. The van der Waals surface area contributed by atoms with Gasteiger partial charge in [0.15, 0.2) is 11.5 Å². The molecule has 1 aliphatic carbocycles. The first-order valence-corrected chi connectivity index (χ1v) is 11.0. The maximum absolute atomic E-state index is 11.9. The minimum absolute atomic E-state index is 0.189. The van der Waals surface area contributed by atoms with Crippen LogP contribution in [-0.4, -0.2) is 86.6 Å². The Balaban J connectivity index is 1.52. The fraction of sp³-hybridized carbons (Fsp3) is 0.696. The fourth-order valence-electron chi connectivity index (χ4n) is 4.45. The standard InChI is InChI=1S/C23H36N2O5/c1-24(2)16-23(27)30-21-9-8-17(14-22(21)28-3)11-13-29-20-7-5-4-6-19(20)25-12-10-18(26)15-25/h8-9,14,18-20,26H,4-7,10-13,15-16H2,1-3H3/t18-,19-,20-/m1/s1. The first kappa shape index (κ1) is 23.0. The van der Waals surface area contributed by atoms with E-state index in [9.17, 15) is 9.90 Å². The number of aliphatic hydroxyl groups excluding tert-OH is 1. The second-order valence-electron chi connectivity index (χ2n) is 8.65. The molecule has 1 aliphatic heterocycles. The largest absolute Gasteiger partial charge is 0.493 e. The third-order valence-corrected chi connectivity index (χ3v) is 5.95. The highest BCUT2D eigenvalue weighted by Crippen LogP contribution is 2.30. The predicted octanol–water partition coefficient (Wildman–Crippen LogP) is 2.10. The summed E-state index contributed by atoms with van der Waals surface area (Å²) in [5.74, 6) is 0.680. The van der Waals surface area contributed by atoms with Crippen LogP contribution in [-0.2, 0) is 16.0 Å². The fourth-order valence-corrected chi connectivity index (χ4v) is 4.45. The Morgan fingerprint density at radius 1 is 1.20 bits per heavy atom. The van der Waals surface area contributed by atoms with Gasteiger partial charge in [-0.05, 0) is 57.5 Å². The van der Waals surface area contributed by atoms with Gasteiger partial charge in [-0.2, -0.15) is 0 Å². The second kappa shape index (κ2) is 11.1. The third-order valence-electron chi connectivity index (χ3n) is 5.95. The van der Waals surface area contributed by atoms with Crippen molar-refractivity contribution >= 4 is 5.97 Å². The molecule has 0 unspecified atom stereocenters. The van der Waals surface area contributed by atoms with Crippen molar-refractivity contribution in [3.8, 4) is 11.5 Å². The molecule has 1 aromatic carbocycles. The van der Waals surface area contributed by atoms with Gasteiger partial charge in [0.2, 0.25) is 0 Å². The topological polar surface area (TPSA) is 71.5 Å². The van der Waals surface area contributed by atoms with Crippen LogP contribution in [0.1, 0.15) is 37.7 Å². The summed E-state index contributed by atoms with van der Waals surface area (Å²) < 4.78 is 17.1. The number of hydrogen-bond donors (Lipinski definition) is 1. The minimum atomic E-state index is -0.315. The van der Waals surface area contributed by atoms with Gasteiger partial charge in [0.05, 0.1) is 32.5 Å². The molecule has 1 saturated carbocycles. The van der Waals surface area contributed by atoms with E-state index in [0.717, 1.165) is 44.3 Å². The number of carbonyl (C=O) groups is 1. The average Bonchev–Trinajstić information content (AvgIpc) is 3.15. The summed E-state index contributed by atoms with van der Waals surface area (Å²) in [6.07, 6.45) is 6.37. The number of rotatable bonds is 9. The molecule has 1 N–H and O–H groups in total. The highest BCUT2D eigenvalue weighted by molar-refractivity contribution is 5.75. The Hall–Kier alpha value is -1.67. The van der Waals surface area contributed by atoms with Crippen molar-refractivity contribution in [2.75, 3.05) is 47.4 Å². The first-order valence-electron chi connectivity index (χ1n) is 11.0. The molecule has 2 aliphatic rings. The van der Waals surface area contributed by atoms with Crippen molar-refractivity contribution in [2.45, 2.75) is 56.8 Å². The number of esters is 1. The number of hydrogen-bond acceptors (Lipinski definition) is 7. The first-order chi connectivity index (χ1) is 14.5. The van der Waals surface area contributed by atoms with E-state index in [1.807, 2.05) is 26.2 Å². The van der Waals surface area contributed by atoms with Gasteiger partial charge < -0.3 is 19.3 Å². The number of methoxy groups -OCH3 is 1. The van der Waals surface area contributed by atoms with Crippen molar-refractivity contribution in [2.24, 2.45) is 0 Å². The number of nitrogens with zero attached hydrogens (tertiary/aromatic N) is 2. The van der Waals surface area contributed by atoms with E-state index in [2.05, 4.69) is 4.90 Å². The second-order valence-corrected chi connectivity index (χ2v) is 8.65. The van der Waals surface area contributed by atoms with E-state index < -0.39 is 0 Å². The molecule has 3 rings (SSSR count). The number of ether oxygens (including phenoxy) is 3. The molecule has 1 saturated heterocycles. The van der Waals surface area contributed by atoms with Crippen LogP contribution in [0, 0.1) is 0 Å². The average molecular weight is 421 g/mol. The number of likely N-dealkylation sites (tertiary alicyclic amines) is 1. The lowest BCUT2D eigenvalue weighted by atomic mass is 9.91. The van der Waals surface area contributed by atoms with Gasteiger partial charge in [0.25, 0.3) is 0 Å². The lowest BCUT2D eigenvalue weighted by Crippen LogP contribution is -2.46. The zero-order chi connectivity index (χ0) is 21.5. The van der Waals surface area contributed by atoms with Gasteiger partial charge in [-0.3, -0.25) is 14.6 Å². The van der Waals surface area contributed by atoms with Crippen LogP contribution in [0.5, 0.6) is 11.5 Å².